The smallest absolute Gasteiger partial charge is 0.312 e. The highest BCUT2D eigenvalue weighted by atomic mass is 16.3. The first-order valence-electron chi connectivity index (χ1n) is 13.0. The lowest BCUT2D eigenvalue weighted by atomic mass is 9.41. The second kappa shape index (κ2) is 8.30. The molecule has 4 fully saturated rings. The van der Waals surface area contributed by atoms with Crippen molar-refractivity contribution in [3.8, 4) is 0 Å². The summed E-state index contributed by atoms with van der Waals surface area (Å²) in [6, 6.07) is -0.413. The molecule has 0 aromatic heterocycles. The lowest BCUT2D eigenvalue weighted by Crippen LogP contribution is -2.61. The fourth-order valence-corrected chi connectivity index (χ4v) is 9.64. The minimum Gasteiger partial charge on any atom is -0.393 e. The van der Waals surface area contributed by atoms with Crippen molar-refractivity contribution in [3.63, 3.8) is 0 Å². The zero-order valence-electron chi connectivity index (χ0n) is 19.8. The van der Waals surface area contributed by atoms with E-state index in [1.165, 1.54) is 51.4 Å². The van der Waals surface area contributed by atoms with Crippen LogP contribution in [-0.4, -0.2) is 23.8 Å². The Morgan fingerprint density at radius 1 is 1.07 bits per heavy atom. The van der Waals surface area contributed by atoms with E-state index in [2.05, 4.69) is 33.0 Å². The molecule has 0 aromatic rings. The van der Waals surface area contributed by atoms with Crippen LogP contribution in [0.4, 0.5) is 4.79 Å². The second-order valence-electron chi connectivity index (χ2n) is 12.0. The second-order valence-corrected chi connectivity index (χ2v) is 12.0. The Balaban J connectivity index is 1.57. The minimum absolute atomic E-state index is 0.105. The highest BCUT2D eigenvalue weighted by molar-refractivity contribution is 5.71. The summed E-state index contributed by atoms with van der Waals surface area (Å²) < 4.78 is 0. The van der Waals surface area contributed by atoms with E-state index >= 15 is 0 Å². The molecule has 10 atom stereocenters. The topological polar surface area (TPSA) is 75.3 Å². The van der Waals surface area contributed by atoms with Crippen molar-refractivity contribution in [3.05, 3.63) is 0 Å². The van der Waals surface area contributed by atoms with Crippen LogP contribution in [-0.2, 0) is 0 Å². The third-order valence-electron chi connectivity index (χ3n) is 11.0. The highest BCUT2D eigenvalue weighted by Crippen LogP contribution is 2.69. The van der Waals surface area contributed by atoms with Crippen molar-refractivity contribution < 1.29 is 9.90 Å². The van der Waals surface area contributed by atoms with Crippen LogP contribution < -0.4 is 11.1 Å². The number of amides is 2. The molecule has 4 rings (SSSR count). The van der Waals surface area contributed by atoms with Gasteiger partial charge in [0, 0.05) is 6.54 Å². The third kappa shape index (κ3) is 3.40. The van der Waals surface area contributed by atoms with Crippen molar-refractivity contribution in [1.29, 1.82) is 0 Å². The summed E-state index contributed by atoms with van der Waals surface area (Å²) in [7, 11) is 0. The lowest BCUT2D eigenvalue weighted by Gasteiger charge is -2.64. The Hall–Kier alpha value is -0.770. The number of carbonyl (C=O) groups excluding carboxylic acids is 1. The lowest BCUT2D eigenvalue weighted by molar-refractivity contribution is -0.194. The van der Waals surface area contributed by atoms with Gasteiger partial charge in [-0.05, 0) is 97.2 Å². The van der Waals surface area contributed by atoms with Gasteiger partial charge >= 0.3 is 6.03 Å². The quantitative estimate of drug-likeness (QED) is 0.564. The number of nitrogens with one attached hydrogen (secondary N) is 1. The average molecular weight is 419 g/mol. The van der Waals surface area contributed by atoms with Crippen molar-refractivity contribution in [2.24, 2.45) is 58.0 Å². The zero-order chi connectivity index (χ0) is 21.7. The normalized spacial score (nSPS) is 48.9. The van der Waals surface area contributed by atoms with E-state index < -0.39 is 6.03 Å². The van der Waals surface area contributed by atoms with Gasteiger partial charge in [0.2, 0.25) is 0 Å². The Labute approximate surface area is 184 Å². The molecule has 1 unspecified atom stereocenters. The predicted molar refractivity (Wildman–Crippen MR) is 122 cm³/mol. The predicted octanol–water partition coefficient (Wildman–Crippen LogP) is 5.34. The van der Waals surface area contributed by atoms with E-state index in [9.17, 15) is 9.90 Å². The average Bonchev–Trinajstić information content (AvgIpc) is 3.05. The third-order valence-corrected chi connectivity index (χ3v) is 11.0. The Bertz CT molecular complexity index is 639. The number of primary amides is 1. The van der Waals surface area contributed by atoms with E-state index in [0.717, 1.165) is 18.8 Å². The summed E-state index contributed by atoms with van der Waals surface area (Å²) in [6.45, 7) is 10.5. The molecule has 0 spiro atoms. The summed E-state index contributed by atoms with van der Waals surface area (Å²) in [6.07, 6.45) is 12.7. The van der Waals surface area contributed by atoms with E-state index in [4.69, 9.17) is 5.73 Å². The van der Waals surface area contributed by atoms with Crippen molar-refractivity contribution in [2.45, 2.75) is 98.0 Å². The number of aliphatic hydroxyl groups excluding tert-OH is 1. The zero-order valence-corrected chi connectivity index (χ0v) is 19.8. The largest absolute Gasteiger partial charge is 0.393 e. The van der Waals surface area contributed by atoms with Crippen LogP contribution in [0.3, 0.4) is 0 Å². The maximum Gasteiger partial charge on any atom is 0.312 e. The molecule has 4 N–H and O–H groups in total. The molecule has 0 aliphatic heterocycles. The number of aliphatic hydroxyl groups is 1. The number of hydrogen-bond acceptors (Lipinski definition) is 2. The van der Waals surface area contributed by atoms with Crippen molar-refractivity contribution in [2.75, 3.05) is 6.54 Å². The van der Waals surface area contributed by atoms with E-state index in [1.807, 2.05) is 0 Å². The summed E-state index contributed by atoms with van der Waals surface area (Å²) in [5, 5.41) is 14.5. The Morgan fingerprint density at radius 2 is 1.80 bits per heavy atom. The van der Waals surface area contributed by atoms with Gasteiger partial charge in [-0.25, -0.2) is 4.79 Å². The molecular weight excluding hydrogens is 372 g/mol. The van der Waals surface area contributed by atoms with Gasteiger partial charge in [0.25, 0.3) is 0 Å². The Kier molecular flexibility index (Phi) is 6.20. The van der Waals surface area contributed by atoms with Gasteiger partial charge in [-0.15, -0.1) is 0 Å². The molecule has 4 aliphatic rings. The maximum atomic E-state index is 11.7. The molecule has 30 heavy (non-hydrogen) atoms. The van der Waals surface area contributed by atoms with Gasteiger partial charge < -0.3 is 16.2 Å². The number of rotatable bonds is 5. The molecule has 0 radical (unpaired) electrons. The van der Waals surface area contributed by atoms with E-state index in [0.29, 0.717) is 52.9 Å². The number of fused-ring (bicyclic) bond motifs is 5. The number of carbonyl (C=O) groups is 1. The fourth-order valence-electron chi connectivity index (χ4n) is 9.64. The van der Waals surface area contributed by atoms with Gasteiger partial charge in [-0.2, -0.15) is 0 Å². The molecule has 172 valence electrons. The van der Waals surface area contributed by atoms with Crippen molar-refractivity contribution >= 4 is 6.03 Å². The molecule has 2 amide bonds. The molecule has 4 aliphatic carbocycles. The van der Waals surface area contributed by atoms with Crippen LogP contribution >= 0.6 is 0 Å². The van der Waals surface area contributed by atoms with E-state index in [1.54, 1.807) is 0 Å². The first kappa shape index (κ1) is 22.4. The van der Waals surface area contributed by atoms with Gasteiger partial charge in [-0.3, -0.25) is 0 Å². The highest BCUT2D eigenvalue weighted by Gasteiger charge is 2.64. The summed E-state index contributed by atoms with van der Waals surface area (Å²) in [5.41, 5.74) is 6.05. The molecule has 4 heteroatoms. The van der Waals surface area contributed by atoms with E-state index in [-0.39, 0.29) is 6.10 Å². The van der Waals surface area contributed by atoms with Gasteiger partial charge in [0.15, 0.2) is 0 Å². The SMILES string of the molecule is CC[C@H]1[C@@H](O)[C@@H]2[C@H](CC[C@]3(C)C([C@H](C)CCNC(N)=O)CC[C@@H]23)[C@@]2(C)CCCC[C@@H]12. The molecule has 0 bridgehead atoms. The van der Waals surface area contributed by atoms with Crippen LogP contribution in [0.5, 0.6) is 0 Å². The van der Waals surface area contributed by atoms with Crippen LogP contribution in [0.25, 0.3) is 0 Å². The molecular formula is C26H46N2O2. The molecule has 0 aromatic carbocycles. The van der Waals surface area contributed by atoms with Gasteiger partial charge in [0.05, 0.1) is 6.10 Å². The summed E-state index contributed by atoms with van der Waals surface area (Å²) in [5.74, 6) is 4.38. The minimum atomic E-state index is -0.413. The summed E-state index contributed by atoms with van der Waals surface area (Å²) in [4.78, 5) is 11.1. The number of urea groups is 1. The molecule has 4 saturated carbocycles. The standard InChI is InChI=1S/C26H46N2O2/c1-5-17-19-8-6-7-13-25(19,3)21-11-14-26(4)18(16(2)12-15-28-24(27)30)9-10-20(26)22(21)23(17)29/h16-23,29H,5-15H2,1-4H3,(H3,27,28,30)/t16-,17-,18?,19+,20+,21+,22+,23-,25+,26-/m1/s1. The maximum absolute atomic E-state index is 11.7. The van der Waals surface area contributed by atoms with Crippen molar-refractivity contribution in [1.82, 2.24) is 5.32 Å². The van der Waals surface area contributed by atoms with Gasteiger partial charge in [0.1, 0.15) is 0 Å². The molecule has 0 heterocycles. The van der Waals surface area contributed by atoms with Crippen LogP contribution in [0.2, 0.25) is 0 Å². The monoisotopic (exact) mass is 418 g/mol. The molecule has 4 nitrogen and oxygen atoms in total. The number of nitrogens with two attached hydrogens (primary N) is 1. The fraction of sp³-hybridized carbons (Fsp3) is 0.962. The first-order chi connectivity index (χ1) is 14.2. The van der Waals surface area contributed by atoms with Crippen LogP contribution in [0.1, 0.15) is 91.9 Å². The van der Waals surface area contributed by atoms with Crippen LogP contribution in [0, 0.1) is 52.3 Å². The van der Waals surface area contributed by atoms with Gasteiger partial charge in [-0.1, -0.05) is 47.0 Å². The number of hydrogen-bond donors (Lipinski definition) is 3. The first-order valence-corrected chi connectivity index (χ1v) is 13.0. The Morgan fingerprint density at radius 3 is 2.50 bits per heavy atom. The van der Waals surface area contributed by atoms with Crippen LogP contribution in [0.15, 0.2) is 0 Å². The summed E-state index contributed by atoms with van der Waals surface area (Å²) >= 11 is 0. The molecule has 0 saturated heterocycles.